The average molecular weight is 302 g/mol. The number of hydrogen-bond acceptors (Lipinski definition) is 4. The van der Waals surface area contributed by atoms with E-state index in [4.69, 9.17) is 11.6 Å². The number of aromatic nitrogens is 2. The predicted molar refractivity (Wildman–Crippen MR) is 84.1 cm³/mol. The standard InChI is InChI=1S/C15H12ClN3S/c16-13-8-14(19-15(18-13)9-1-2-9)17-11-3-4-12-10(7-11)5-6-20-12/h3-9H,1-2H2,(H,17,18,19). The summed E-state index contributed by atoms with van der Waals surface area (Å²) in [6.07, 6.45) is 2.33. The molecule has 4 rings (SSSR count). The first-order chi connectivity index (χ1) is 9.78. The first-order valence-electron chi connectivity index (χ1n) is 6.57. The fraction of sp³-hybridized carbons (Fsp3) is 0.200. The van der Waals surface area contributed by atoms with E-state index in [1.807, 2.05) is 0 Å². The van der Waals surface area contributed by atoms with Crippen molar-refractivity contribution in [2.45, 2.75) is 18.8 Å². The van der Waals surface area contributed by atoms with Crippen LogP contribution in [0.1, 0.15) is 24.6 Å². The minimum Gasteiger partial charge on any atom is -0.340 e. The van der Waals surface area contributed by atoms with E-state index in [-0.39, 0.29) is 0 Å². The van der Waals surface area contributed by atoms with Gasteiger partial charge in [-0.1, -0.05) is 11.6 Å². The van der Waals surface area contributed by atoms with Crippen molar-refractivity contribution in [2.75, 3.05) is 5.32 Å². The number of rotatable bonds is 3. The van der Waals surface area contributed by atoms with Crippen molar-refractivity contribution in [3.63, 3.8) is 0 Å². The van der Waals surface area contributed by atoms with E-state index in [0.29, 0.717) is 11.1 Å². The third kappa shape index (κ3) is 2.37. The third-order valence-electron chi connectivity index (χ3n) is 3.38. The highest BCUT2D eigenvalue weighted by atomic mass is 35.5. The maximum atomic E-state index is 6.08. The first kappa shape index (κ1) is 12.1. The molecule has 1 aromatic carbocycles. The molecule has 2 aromatic heterocycles. The zero-order chi connectivity index (χ0) is 13.5. The molecule has 0 bridgehead atoms. The van der Waals surface area contributed by atoms with E-state index in [1.54, 1.807) is 17.4 Å². The summed E-state index contributed by atoms with van der Waals surface area (Å²) >= 11 is 7.82. The molecule has 3 aromatic rings. The monoisotopic (exact) mass is 301 g/mol. The van der Waals surface area contributed by atoms with Crippen LogP contribution in [0.4, 0.5) is 11.5 Å². The molecule has 0 unspecified atom stereocenters. The summed E-state index contributed by atoms with van der Waals surface area (Å²) in [5.41, 5.74) is 1.02. The molecule has 0 atom stereocenters. The minimum absolute atomic E-state index is 0.494. The van der Waals surface area contributed by atoms with Gasteiger partial charge in [0.15, 0.2) is 0 Å². The van der Waals surface area contributed by atoms with Crippen LogP contribution in [0, 0.1) is 0 Å². The first-order valence-corrected chi connectivity index (χ1v) is 7.82. The molecule has 0 radical (unpaired) electrons. The molecule has 1 fully saturated rings. The van der Waals surface area contributed by atoms with Crippen molar-refractivity contribution in [3.05, 3.63) is 46.7 Å². The van der Waals surface area contributed by atoms with Gasteiger partial charge in [-0.15, -0.1) is 11.3 Å². The minimum atomic E-state index is 0.494. The SMILES string of the molecule is Clc1cc(Nc2ccc3sccc3c2)nc(C2CC2)n1. The number of thiophene rings is 1. The van der Waals surface area contributed by atoms with Crippen LogP contribution in [-0.4, -0.2) is 9.97 Å². The van der Waals surface area contributed by atoms with E-state index in [0.717, 1.165) is 17.3 Å². The van der Waals surface area contributed by atoms with E-state index >= 15 is 0 Å². The van der Waals surface area contributed by atoms with Crippen molar-refractivity contribution in [1.82, 2.24) is 9.97 Å². The summed E-state index contributed by atoms with van der Waals surface area (Å²) in [6, 6.07) is 10.2. The number of benzene rings is 1. The summed E-state index contributed by atoms with van der Waals surface area (Å²) in [7, 11) is 0. The highest BCUT2D eigenvalue weighted by Gasteiger charge is 2.27. The molecule has 0 spiro atoms. The Morgan fingerprint density at radius 2 is 2.05 bits per heavy atom. The number of nitrogens with zero attached hydrogens (tertiary/aromatic N) is 2. The number of hydrogen-bond donors (Lipinski definition) is 1. The van der Waals surface area contributed by atoms with E-state index < -0.39 is 0 Å². The second kappa shape index (κ2) is 4.72. The Balaban J connectivity index is 1.67. The van der Waals surface area contributed by atoms with Crippen LogP contribution in [0.2, 0.25) is 5.15 Å². The zero-order valence-electron chi connectivity index (χ0n) is 10.6. The molecule has 0 saturated heterocycles. The van der Waals surface area contributed by atoms with Crippen molar-refractivity contribution in [1.29, 1.82) is 0 Å². The molecular weight excluding hydrogens is 290 g/mol. The molecule has 2 heterocycles. The molecule has 100 valence electrons. The lowest BCUT2D eigenvalue weighted by Gasteiger charge is -2.07. The summed E-state index contributed by atoms with van der Waals surface area (Å²) < 4.78 is 1.29. The van der Waals surface area contributed by atoms with Gasteiger partial charge in [0.05, 0.1) is 0 Å². The fourth-order valence-corrected chi connectivity index (χ4v) is 3.18. The van der Waals surface area contributed by atoms with Crippen LogP contribution in [0.5, 0.6) is 0 Å². The molecule has 0 aliphatic heterocycles. The third-order valence-corrected chi connectivity index (χ3v) is 4.47. The van der Waals surface area contributed by atoms with E-state index in [1.165, 1.54) is 22.9 Å². The maximum absolute atomic E-state index is 6.08. The van der Waals surface area contributed by atoms with Crippen LogP contribution in [-0.2, 0) is 0 Å². The Morgan fingerprint density at radius 1 is 1.15 bits per heavy atom. The lowest BCUT2D eigenvalue weighted by molar-refractivity contribution is 0.931. The largest absolute Gasteiger partial charge is 0.340 e. The molecule has 1 N–H and O–H groups in total. The Morgan fingerprint density at radius 3 is 2.90 bits per heavy atom. The lowest BCUT2D eigenvalue weighted by atomic mass is 10.2. The van der Waals surface area contributed by atoms with Crippen LogP contribution in [0.15, 0.2) is 35.7 Å². The number of halogens is 1. The summed E-state index contributed by atoms with van der Waals surface area (Å²) in [6.45, 7) is 0. The van der Waals surface area contributed by atoms with Gasteiger partial charge in [0.25, 0.3) is 0 Å². The quantitative estimate of drug-likeness (QED) is 0.694. The van der Waals surface area contributed by atoms with Gasteiger partial charge in [-0.2, -0.15) is 0 Å². The van der Waals surface area contributed by atoms with Crippen LogP contribution >= 0.6 is 22.9 Å². The van der Waals surface area contributed by atoms with Gasteiger partial charge in [0, 0.05) is 22.4 Å². The zero-order valence-corrected chi connectivity index (χ0v) is 12.2. The van der Waals surface area contributed by atoms with E-state index in [9.17, 15) is 0 Å². The Hall–Kier alpha value is -1.65. The predicted octanol–water partition coefficient (Wildman–Crippen LogP) is 4.97. The van der Waals surface area contributed by atoms with Gasteiger partial charge in [-0.25, -0.2) is 9.97 Å². The number of anilines is 2. The van der Waals surface area contributed by atoms with Crippen molar-refractivity contribution < 1.29 is 0 Å². The van der Waals surface area contributed by atoms with E-state index in [2.05, 4.69) is 44.9 Å². The van der Waals surface area contributed by atoms with Gasteiger partial charge in [0.2, 0.25) is 0 Å². The summed E-state index contributed by atoms with van der Waals surface area (Å²) in [5.74, 6) is 2.12. The molecule has 0 amide bonds. The molecule has 3 nitrogen and oxygen atoms in total. The van der Waals surface area contributed by atoms with Gasteiger partial charge in [0.1, 0.15) is 16.8 Å². The Bertz CT molecular complexity index is 780. The molecule has 1 saturated carbocycles. The fourth-order valence-electron chi connectivity index (χ4n) is 2.22. The van der Waals surface area contributed by atoms with Gasteiger partial charge < -0.3 is 5.32 Å². The normalized spacial score (nSPS) is 14.7. The van der Waals surface area contributed by atoms with Crippen LogP contribution < -0.4 is 5.32 Å². The maximum Gasteiger partial charge on any atom is 0.135 e. The van der Waals surface area contributed by atoms with Gasteiger partial charge in [-0.3, -0.25) is 0 Å². The molecule has 1 aliphatic carbocycles. The van der Waals surface area contributed by atoms with Crippen molar-refractivity contribution in [2.24, 2.45) is 0 Å². The Labute approximate surface area is 125 Å². The van der Waals surface area contributed by atoms with Crippen molar-refractivity contribution in [3.8, 4) is 0 Å². The number of nitrogens with one attached hydrogen (secondary N) is 1. The highest BCUT2D eigenvalue weighted by Crippen LogP contribution is 2.39. The molecule has 1 aliphatic rings. The van der Waals surface area contributed by atoms with Gasteiger partial charge in [-0.05, 0) is 47.9 Å². The number of fused-ring (bicyclic) bond motifs is 1. The highest BCUT2D eigenvalue weighted by molar-refractivity contribution is 7.17. The van der Waals surface area contributed by atoms with Crippen molar-refractivity contribution >= 4 is 44.5 Å². The summed E-state index contributed by atoms with van der Waals surface area (Å²) in [4.78, 5) is 8.85. The topological polar surface area (TPSA) is 37.8 Å². The Kier molecular flexibility index (Phi) is 2.86. The van der Waals surface area contributed by atoms with Gasteiger partial charge >= 0.3 is 0 Å². The second-order valence-electron chi connectivity index (χ2n) is 5.01. The summed E-state index contributed by atoms with van der Waals surface area (Å²) in [5, 5.41) is 7.16. The molecule has 5 heteroatoms. The van der Waals surface area contributed by atoms with Crippen LogP contribution in [0.3, 0.4) is 0 Å². The molecule has 20 heavy (non-hydrogen) atoms. The average Bonchev–Trinajstić information content (AvgIpc) is 3.17. The van der Waals surface area contributed by atoms with Crippen LogP contribution in [0.25, 0.3) is 10.1 Å². The lowest BCUT2D eigenvalue weighted by Crippen LogP contribution is -1.99. The smallest absolute Gasteiger partial charge is 0.135 e. The molecular formula is C15H12ClN3S. The second-order valence-corrected chi connectivity index (χ2v) is 6.34.